The van der Waals surface area contributed by atoms with Crippen LogP contribution in [0.2, 0.25) is 0 Å². The SMILES string of the molecule is C=C(C)C(=O)Oc1cc(OC)c(O)c(OC)c1. The molecule has 1 N–H and O–H groups in total. The van der Waals surface area contributed by atoms with E-state index in [1.165, 1.54) is 33.3 Å². The van der Waals surface area contributed by atoms with Crippen LogP contribution in [0.3, 0.4) is 0 Å². The summed E-state index contributed by atoms with van der Waals surface area (Å²) in [6.45, 7) is 5.01. The van der Waals surface area contributed by atoms with Gasteiger partial charge in [0.05, 0.1) is 14.2 Å². The Kier molecular flexibility index (Phi) is 3.98. The van der Waals surface area contributed by atoms with E-state index in [1.54, 1.807) is 0 Å². The van der Waals surface area contributed by atoms with Crippen molar-refractivity contribution in [3.63, 3.8) is 0 Å². The number of hydrogen-bond acceptors (Lipinski definition) is 5. The average Bonchev–Trinajstić information content (AvgIpc) is 2.30. The molecule has 1 aromatic rings. The number of methoxy groups -OCH3 is 2. The molecule has 0 heterocycles. The van der Waals surface area contributed by atoms with Crippen molar-refractivity contribution in [2.45, 2.75) is 6.92 Å². The minimum absolute atomic E-state index is 0.148. The molecule has 0 amide bonds. The molecule has 0 unspecified atom stereocenters. The molecule has 0 saturated carbocycles. The summed E-state index contributed by atoms with van der Waals surface area (Å²) in [6.07, 6.45) is 0. The number of phenolic OH excluding ortho intramolecular Hbond substituents is 1. The van der Waals surface area contributed by atoms with Crippen molar-refractivity contribution in [2.24, 2.45) is 0 Å². The second-order valence-corrected chi connectivity index (χ2v) is 3.35. The predicted octanol–water partition coefficient (Wildman–Crippen LogP) is 1.89. The Morgan fingerprint density at radius 2 is 1.71 bits per heavy atom. The molecule has 0 fully saturated rings. The Morgan fingerprint density at radius 3 is 2.06 bits per heavy atom. The minimum Gasteiger partial charge on any atom is -0.502 e. The quantitative estimate of drug-likeness (QED) is 0.493. The summed E-state index contributed by atoms with van der Waals surface area (Å²) in [5.74, 6) is -0.169. The fraction of sp³-hybridized carbons (Fsp3) is 0.250. The first-order valence-electron chi connectivity index (χ1n) is 4.82. The normalized spacial score (nSPS) is 9.59. The van der Waals surface area contributed by atoms with Gasteiger partial charge < -0.3 is 19.3 Å². The number of rotatable bonds is 4. The van der Waals surface area contributed by atoms with Gasteiger partial charge >= 0.3 is 5.97 Å². The van der Waals surface area contributed by atoms with Gasteiger partial charge in [-0.05, 0) is 6.92 Å². The Hall–Kier alpha value is -2.17. The van der Waals surface area contributed by atoms with Crippen LogP contribution in [0.1, 0.15) is 6.92 Å². The van der Waals surface area contributed by atoms with E-state index < -0.39 is 5.97 Å². The topological polar surface area (TPSA) is 65.0 Å². The Bertz CT molecular complexity index is 425. The summed E-state index contributed by atoms with van der Waals surface area (Å²) >= 11 is 0. The molecule has 1 rings (SSSR count). The third-order valence-electron chi connectivity index (χ3n) is 2.01. The van der Waals surface area contributed by atoms with Gasteiger partial charge in [-0.1, -0.05) is 6.58 Å². The first-order valence-corrected chi connectivity index (χ1v) is 4.82. The van der Waals surface area contributed by atoms with E-state index in [0.717, 1.165) is 0 Å². The second kappa shape index (κ2) is 5.25. The zero-order valence-corrected chi connectivity index (χ0v) is 9.94. The monoisotopic (exact) mass is 238 g/mol. The fourth-order valence-corrected chi connectivity index (χ4v) is 1.12. The third kappa shape index (κ3) is 2.90. The van der Waals surface area contributed by atoms with Gasteiger partial charge in [0, 0.05) is 17.7 Å². The van der Waals surface area contributed by atoms with E-state index in [-0.39, 0.29) is 28.6 Å². The van der Waals surface area contributed by atoms with Crippen molar-refractivity contribution in [3.8, 4) is 23.0 Å². The van der Waals surface area contributed by atoms with Gasteiger partial charge in [-0.3, -0.25) is 0 Å². The highest BCUT2D eigenvalue weighted by Crippen LogP contribution is 2.39. The van der Waals surface area contributed by atoms with Gasteiger partial charge in [0.1, 0.15) is 5.75 Å². The summed E-state index contributed by atoms with van der Waals surface area (Å²) < 4.78 is 14.9. The highest BCUT2D eigenvalue weighted by atomic mass is 16.5. The maximum atomic E-state index is 11.3. The Morgan fingerprint density at radius 1 is 1.24 bits per heavy atom. The summed E-state index contributed by atoms with van der Waals surface area (Å²) in [7, 11) is 2.78. The fourth-order valence-electron chi connectivity index (χ4n) is 1.12. The summed E-state index contributed by atoms with van der Waals surface area (Å²) in [5.41, 5.74) is 0.274. The summed E-state index contributed by atoms with van der Waals surface area (Å²) in [4.78, 5) is 11.3. The number of carbonyl (C=O) groups excluding carboxylic acids is 1. The predicted molar refractivity (Wildman–Crippen MR) is 61.7 cm³/mol. The number of benzene rings is 1. The standard InChI is InChI=1S/C12H14O5/c1-7(2)12(14)17-8-5-9(15-3)11(13)10(6-8)16-4/h5-6,13H,1H2,2-4H3. The van der Waals surface area contributed by atoms with Crippen molar-refractivity contribution in [1.29, 1.82) is 0 Å². The van der Waals surface area contributed by atoms with E-state index >= 15 is 0 Å². The molecule has 92 valence electrons. The zero-order chi connectivity index (χ0) is 13.0. The molecule has 17 heavy (non-hydrogen) atoms. The molecule has 1 aromatic carbocycles. The molecule has 0 aliphatic carbocycles. The Balaban J connectivity index is 3.09. The molecule has 5 nitrogen and oxygen atoms in total. The molecular formula is C12H14O5. The Labute approximate surface area is 99.2 Å². The molecule has 0 spiro atoms. The van der Waals surface area contributed by atoms with Crippen LogP contribution in [0, 0.1) is 0 Å². The highest BCUT2D eigenvalue weighted by Gasteiger charge is 2.14. The molecule has 0 aliphatic heterocycles. The third-order valence-corrected chi connectivity index (χ3v) is 2.01. The van der Waals surface area contributed by atoms with Crippen LogP contribution >= 0.6 is 0 Å². The van der Waals surface area contributed by atoms with Gasteiger partial charge in [-0.15, -0.1) is 0 Å². The maximum absolute atomic E-state index is 11.3. The van der Waals surface area contributed by atoms with Crippen LogP contribution in [-0.2, 0) is 4.79 Å². The molecule has 0 bridgehead atoms. The lowest BCUT2D eigenvalue weighted by atomic mass is 10.2. The van der Waals surface area contributed by atoms with E-state index in [9.17, 15) is 9.90 Å². The van der Waals surface area contributed by atoms with Crippen molar-refractivity contribution in [1.82, 2.24) is 0 Å². The van der Waals surface area contributed by atoms with E-state index in [0.29, 0.717) is 0 Å². The molecule has 0 saturated heterocycles. The van der Waals surface area contributed by atoms with Gasteiger partial charge in [0.25, 0.3) is 0 Å². The summed E-state index contributed by atoms with van der Waals surface area (Å²) in [5, 5.41) is 9.65. The smallest absolute Gasteiger partial charge is 0.338 e. The first kappa shape index (κ1) is 12.9. The lowest BCUT2D eigenvalue weighted by molar-refractivity contribution is -0.130. The highest BCUT2D eigenvalue weighted by molar-refractivity contribution is 5.89. The molecular weight excluding hydrogens is 224 g/mol. The minimum atomic E-state index is -0.556. The van der Waals surface area contributed by atoms with E-state index in [1.807, 2.05) is 0 Å². The van der Waals surface area contributed by atoms with Crippen molar-refractivity contribution >= 4 is 5.97 Å². The van der Waals surface area contributed by atoms with E-state index in [4.69, 9.17) is 14.2 Å². The molecule has 0 atom stereocenters. The van der Waals surface area contributed by atoms with Crippen LogP contribution in [0.15, 0.2) is 24.3 Å². The van der Waals surface area contributed by atoms with Gasteiger partial charge in [0.2, 0.25) is 5.75 Å². The molecule has 0 aliphatic rings. The van der Waals surface area contributed by atoms with Crippen LogP contribution in [0.25, 0.3) is 0 Å². The van der Waals surface area contributed by atoms with Crippen LogP contribution in [-0.4, -0.2) is 25.3 Å². The zero-order valence-electron chi connectivity index (χ0n) is 9.94. The summed E-state index contributed by atoms with van der Waals surface area (Å²) in [6, 6.07) is 2.78. The number of phenols is 1. The van der Waals surface area contributed by atoms with Crippen molar-refractivity contribution in [2.75, 3.05) is 14.2 Å². The van der Waals surface area contributed by atoms with Gasteiger partial charge in [-0.25, -0.2) is 4.79 Å². The maximum Gasteiger partial charge on any atom is 0.338 e. The van der Waals surface area contributed by atoms with Crippen LogP contribution in [0.5, 0.6) is 23.0 Å². The number of carbonyl (C=O) groups is 1. The van der Waals surface area contributed by atoms with Crippen molar-refractivity contribution < 1.29 is 24.1 Å². The van der Waals surface area contributed by atoms with Crippen molar-refractivity contribution in [3.05, 3.63) is 24.3 Å². The lowest BCUT2D eigenvalue weighted by Crippen LogP contribution is -2.08. The van der Waals surface area contributed by atoms with Crippen LogP contribution in [0.4, 0.5) is 0 Å². The molecule has 0 radical (unpaired) electrons. The molecule has 0 aromatic heterocycles. The van der Waals surface area contributed by atoms with E-state index in [2.05, 4.69) is 6.58 Å². The average molecular weight is 238 g/mol. The van der Waals surface area contributed by atoms with Gasteiger partial charge in [0.15, 0.2) is 11.5 Å². The molecule has 5 heteroatoms. The largest absolute Gasteiger partial charge is 0.502 e. The van der Waals surface area contributed by atoms with Crippen LogP contribution < -0.4 is 14.2 Å². The number of hydrogen-bond donors (Lipinski definition) is 1. The number of ether oxygens (including phenoxy) is 3. The van der Waals surface area contributed by atoms with Gasteiger partial charge in [-0.2, -0.15) is 0 Å². The lowest BCUT2D eigenvalue weighted by Gasteiger charge is -2.11. The second-order valence-electron chi connectivity index (χ2n) is 3.35. The first-order chi connectivity index (χ1) is 7.99. The number of esters is 1. The number of aromatic hydroxyl groups is 1.